The van der Waals surface area contributed by atoms with Crippen molar-refractivity contribution in [3.05, 3.63) is 45.9 Å². The van der Waals surface area contributed by atoms with Crippen molar-refractivity contribution in [1.82, 2.24) is 4.98 Å². The molecule has 2 rings (SSSR count). The molecule has 1 aromatic heterocycles. The second-order valence-electron chi connectivity index (χ2n) is 4.14. The van der Waals surface area contributed by atoms with Crippen LogP contribution in [0.25, 0.3) is 0 Å². The van der Waals surface area contributed by atoms with Gasteiger partial charge in [0.2, 0.25) is 0 Å². The van der Waals surface area contributed by atoms with Crippen molar-refractivity contribution in [2.45, 2.75) is 19.1 Å². The molecule has 0 fully saturated rings. The second-order valence-corrected chi connectivity index (χ2v) is 5.06. The van der Waals surface area contributed by atoms with Crippen LogP contribution in [0.15, 0.2) is 29.9 Å². The van der Waals surface area contributed by atoms with Crippen molar-refractivity contribution in [3.63, 3.8) is 0 Å². The molecule has 1 aromatic carbocycles. The average molecular weight is 297 g/mol. The maximum Gasteiger partial charge on any atom is 0.418 e. The minimum Gasteiger partial charge on any atom is -0.377 e. The molecule has 0 aliphatic heterocycles. The third-order valence-corrected chi connectivity index (χ3v) is 3.66. The lowest BCUT2D eigenvalue weighted by atomic mass is 10.1. The Labute approximate surface area is 117 Å². The first-order valence-corrected chi connectivity index (χ1v) is 6.56. The van der Waals surface area contributed by atoms with Crippen molar-refractivity contribution in [3.8, 4) is 6.07 Å². The van der Waals surface area contributed by atoms with Crippen LogP contribution >= 0.6 is 11.3 Å². The molecule has 0 radical (unpaired) electrons. The van der Waals surface area contributed by atoms with Gasteiger partial charge in [0, 0.05) is 16.8 Å². The summed E-state index contributed by atoms with van der Waals surface area (Å²) in [7, 11) is 0. The van der Waals surface area contributed by atoms with Crippen molar-refractivity contribution >= 4 is 17.0 Å². The maximum absolute atomic E-state index is 13.0. The number of aromatic nitrogens is 1. The van der Waals surface area contributed by atoms with Gasteiger partial charge in [-0.1, -0.05) is 0 Å². The van der Waals surface area contributed by atoms with Crippen LogP contribution < -0.4 is 5.32 Å². The number of anilines is 1. The monoisotopic (exact) mass is 297 g/mol. The normalized spacial score (nSPS) is 12.8. The Morgan fingerprint density at radius 2 is 2.15 bits per heavy atom. The van der Waals surface area contributed by atoms with Gasteiger partial charge in [-0.2, -0.15) is 18.4 Å². The predicted octanol–water partition coefficient (Wildman–Crippen LogP) is 4.21. The lowest BCUT2D eigenvalue weighted by molar-refractivity contribution is -0.137. The molecular formula is C13H10F3N3S. The number of nitriles is 1. The van der Waals surface area contributed by atoms with Gasteiger partial charge < -0.3 is 5.32 Å². The fourth-order valence-corrected chi connectivity index (χ4v) is 2.35. The largest absolute Gasteiger partial charge is 0.418 e. The molecule has 1 heterocycles. The summed E-state index contributed by atoms with van der Waals surface area (Å²) in [5, 5.41) is 11.5. The third-order valence-electron chi connectivity index (χ3n) is 2.70. The highest BCUT2D eigenvalue weighted by Gasteiger charge is 2.34. The first-order valence-electron chi connectivity index (χ1n) is 5.68. The highest BCUT2D eigenvalue weighted by Crippen LogP contribution is 2.37. The van der Waals surface area contributed by atoms with Gasteiger partial charge in [-0.05, 0) is 25.1 Å². The highest BCUT2D eigenvalue weighted by molar-refractivity contribution is 7.09. The molecule has 1 N–H and O–H groups in total. The Bertz CT molecular complexity index is 629. The van der Waals surface area contributed by atoms with Gasteiger partial charge in [0.1, 0.15) is 0 Å². The van der Waals surface area contributed by atoms with Crippen molar-refractivity contribution in [2.24, 2.45) is 0 Å². The molecule has 0 amide bonds. The summed E-state index contributed by atoms with van der Waals surface area (Å²) in [5.41, 5.74) is 0.718. The van der Waals surface area contributed by atoms with E-state index in [1.807, 2.05) is 0 Å². The van der Waals surface area contributed by atoms with Gasteiger partial charge in [0.25, 0.3) is 0 Å². The van der Waals surface area contributed by atoms with Crippen molar-refractivity contribution < 1.29 is 13.2 Å². The summed E-state index contributed by atoms with van der Waals surface area (Å²) in [4.78, 5) is 4.73. The molecular weight excluding hydrogens is 287 g/mol. The van der Waals surface area contributed by atoms with Gasteiger partial charge in [-0.15, -0.1) is 11.3 Å². The fourth-order valence-electron chi connectivity index (χ4n) is 1.72. The van der Waals surface area contributed by atoms with Crippen molar-refractivity contribution in [2.75, 3.05) is 5.32 Å². The minimum absolute atomic E-state index is 0.0201. The molecule has 7 heteroatoms. The molecule has 2 aromatic rings. The number of alkyl halides is 3. The van der Waals surface area contributed by atoms with E-state index in [4.69, 9.17) is 5.26 Å². The summed E-state index contributed by atoms with van der Waals surface area (Å²) in [6, 6.07) is 4.90. The van der Waals surface area contributed by atoms with E-state index in [9.17, 15) is 13.2 Å². The molecule has 1 unspecified atom stereocenters. The lowest BCUT2D eigenvalue weighted by Gasteiger charge is -2.18. The van der Waals surface area contributed by atoms with Gasteiger partial charge in [-0.25, -0.2) is 0 Å². The molecule has 0 spiro atoms. The van der Waals surface area contributed by atoms with E-state index in [1.165, 1.54) is 23.5 Å². The molecule has 0 saturated heterocycles. The number of rotatable bonds is 3. The van der Waals surface area contributed by atoms with Crippen LogP contribution in [-0.4, -0.2) is 4.98 Å². The van der Waals surface area contributed by atoms with E-state index in [0.29, 0.717) is 0 Å². The zero-order valence-corrected chi connectivity index (χ0v) is 11.2. The van der Waals surface area contributed by atoms with Gasteiger partial charge in [-0.3, -0.25) is 4.98 Å². The first kappa shape index (κ1) is 14.3. The minimum atomic E-state index is -4.51. The number of benzene rings is 1. The zero-order valence-electron chi connectivity index (χ0n) is 10.4. The third kappa shape index (κ3) is 3.08. The molecule has 0 bridgehead atoms. The van der Waals surface area contributed by atoms with Crippen LogP contribution in [-0.2, 0) is 6.18 Å². The van der Waals surface area contributed by atoms with Crippen LogP contribution in [0.5, 0.6) is 0 Å². The number of thiazole rings is 1. The van der Waals surface area contributed by atoms with E-state index < -0.39 is 11.7 Å². The summed E-state index contributed by atoms with van der Waals surface area (Å²) < 4.78 is 39.0. The SMILES string of the molecule is CC(Nc1ccc(C#N)cc1C(F)(F)F)c1cncs1. The summed E-state index contributed by atoms with van der Waals surface area (Å²) in [6.07, 6.45) is -2.90. The molecule has 104 valence electrons. The molecule has 1 atom stereocenters. The Hall–Kier alpha value is -2.07. The number of hydrogen-bond donors (Lipinski definition) is 1. The molecule has 0 aliphatic carbocycles. The average Bonchev–Trinajstić information content (AvgIpc) is 2.91. The number of nitrogens with zero attached hydrogens (tertiary/aromatic N) is 2. The number of hydrogen-bond acceptors (Lipinski definition) is 4. The summed E-state index contributed by atoms with van der Waals surface area (Å²) in [6.45, 7) is 1.76. The van der Waals surface area contributed by atoms with Crippen molar-refractivity contribution in [1.29, 1.82) is 5.26 Å². The highest BCUT2D eigenvalue weighted by atomic mass is 32.1. The number of nitrogens with one attached hydrogen (secondary N) is 1. The fraction of sp³-hybridized carbons (Fsp3) is 0.231. The van der Waals surface area contributed by atoms with Crippen LogP contribution in [0.1, 0.15) is 29.0 Å². The summed E-state index contributed by atoms with van der Waals surface area (Å²) >= 11 is 1.36. The van der Waals surface area contributed by atoms with Gasteiger partial charge >= 0.3 is 6.18 Å². The van der Waals surface area contributed by atoms with Crippen LogP contribution in [0.2, 0.25) is 0 Å². The standard InChI is InChI=1S/C13H10F3N3S/c1-8(12-6-18-7-20-12)19-11-3-2-9(5-17)4-10(11)13(14,15)16/h2-4,6-8,19H,1H3. The number of halogens is 3. The van der Waals surface area contributed by atoms with E-state index in [0.717, 1.165) is 10.9 Å². The van der Waals surface area contributed by atoms with Gasteiger partial charge in [0.15, 0.2) is 0 Å². The quantitative estimate of drug-likeness (QED) is 0.923. The predicted molar refractivity (Wildman–Crippen MR) is 70.3 cm³/mol. The van der Waals surface area contributed by atoms with E-state index >= 15 is 0 Å². The van der Waals surface area contributed by atoms with Crippen LogP contribution in [0.3, 0.4) is 0 Å². The van der Waals surface area contributed by atoms with Crippen LogP contribution in [0, 0.1) is 11.3 Å². The zero-order chi connectivity index (χ0) is 14.8. The smallest absolute Gasteiger partial charge is 0.377 e. The Morgan fingerprint density at radius 3 is 2.70 bits per heavy atom. The van der Waals surface area contributed by atoms with Crippen LogP contribution in [0.4, 0.5) is 18.9 Å². The van der Waals surface area contributed by atoms with E-state index in [2.05, 4.69) is 10.3 Å². The second kappa shape index (κ2) is 5.51. The Balaban J connectivity index is 2.34. The first-order chi connectivity index (χ1) is 9.41. The summed E-state index contributed by atoms with van der Waals surface area (Å²) in [5.74, 6) is 0. The molecule has 0 aliphatic rings. The Morgan fingerprint density at radius 1 is 1.40 bits per heavy atom. The maximum atomic E-state index is 13.0. The molecule has 20 heavy (non-hydrogen) atoms. The van der Waals surface area contributed by atoms with E-state index in [-0.39, 0.29) is 17.3 Å². The molecule has 3 nitrogen and oxygen atoms in total. The Kier molecular flexibility index (Phi) is 3.95. The lowest BCUT2D eigenvalue weighted by Crippen LogP contribution is -2.13. The molecule has 0 saturated carbocycles. The van der Waals surface area contributed by atoms with E-state index in [1.54, 1.807) is 24.7 Å². The topological polar surface area (TPSA) is 48.7 Å². The van der Waals surface area contributed by atoms with Gasteiger partial charge in [0.05, 0.1) is 28.7 Å².